The average molecular weight is 410 g/mol. The molecule has 0 aliphatic heterocycles. The fourth-order valence-electron chi connectivity index (χ4n) is 4.06. The van der Waals surface area contributed by atoms with Crippen molar-refractivity contribution in [2.45, 2.75) is 38.5 Å². The molecule has 0 radical (unpaired) electrons. The molecule has 0 unspecified atom stereocenters. The van der Waals surface area contributed by atoms with E-state index in [9.17, 15) is 0 Å². The molecule has 0 spiro atoms. The molecule has 0 aromatic heterocycles. The van der Waals surface area contributed by atoms with Crippen molar-refractivity contribution in [3.8, 4) is 17.2 Å². The van der Waals surface area contributed by atoms with Crippen LogP contribution in [0.25, 0.3) is 0 Å². The molecule has 3 rings (SSSR count). The first-order chi connectivity index (χ1) is 14.6. The van der Waals surface area contributed by atoms with Gasteiger partial charge in [0.2, 0.25) is 0 Å². The lowest BCUT2D eigenvalue weighted by Crippen LogP contribution is -2.22. The summed E-state index contributed by atoms with van der Waals surface area (Å²) < 4.78 is 16.2. The van der Waals surface area contributed by atoms with E-state index in [0.29, 0.717) is 0 Å². The Balaban J connectivity index is 1.47. The molecule has 4 heteroatoms. The van der Waals surface area contributed by atoms with E-state index in [-0.39, 0.29) is 0 Å². The summed E-state index contributed by atoms with van der Waals surface area (Å²) in [6, 6.07) is 12.7. The molecule has 0 N–H and O–H groups in total. The first-order valence-electron chi connectivity index (χ1n) is 10.9. The highest BCUT2D eigenvalue weighted by Crippen LogP contribution is 2.34. The Labute approximate surface area is 181 Å². The third-order valence-electron chi connectivity index (χ3n) is 6.02. The number of hydrogen-bond acceptors (Lipinski definition) is 4. The molecule has 2 aromatic carbocycles. The maximum Gasteiger partial charge on any atom is 0.161 e. The van der Waals surface area contributed by atoms with Gasteiger partial charge in [-0.15, -0.1) is 0 Å². The second kappa shape index (κ2) is 11.1. The van der Waals surface area contributed by atoms with Crippen LogP contribution in [0.1, 0.15) is 36.0 Å². The Bertz CT molecular complexity index is 805. The SMILES string of the molecule is COc1ccc(CCN(C)CCC=C2CCc3cc(OC)c(OC)cc3CC2)cc1. The van der Waals surface area contributed by atoms with Crippen LogP contribution in [0.2, 0.25) is 0 Å². The van der Waals surface area contributed by atoms with E-state index in [1.807, 2.05) is 12.1 Å². The average Bonchev–Trinajstić information content (AvgIpc) is 2.98. The Hall–Kier alpha value is -2.46. The molecular weight excluding hydrogens is 374 g/mol. The number of allylic oxidation sites excluding steroid dienone is 1. The molecule has 0 saturated heterocycles. The second-order valence-corrected chi connectivity index (χ2v) is 8.03. The van der Waals surface area contributed by atoms with Crippen molar-refractivity contribution in [2.75, 3.05) is 41.5 Å². The first-order valence-corrected chi connectivity index (χ1v) is 10.9. The zero-order valence-electron chi connectivity index (χ0n) is 18.9. The van der Waals surface area contributed by atoms with E-state index < -0.39 is 0 Å². The molecule has 1 aliphatic carbocycles. The van der Waals surface area contributed by atoms with E-state index in [0.717, 1.165) is 68.9 Å². The van der Waals surface area contributed by atoms with Crippen LogP contribution in [0.5, 0.6) is 17.2 Å². The van der Waals surface area contributed by atoms with E-state index in [1.165, 1.54) is 16.7 Å². The van der Waals surface area contributed by atoms with Crippen LogP contribution in [0.4, 0.5) is 0 Å². The molecule has 2 aromatic rings. The topological polar surface area (TPSA) is 30.9 Å². The number of aryl methyl sites for hydroxylation is 2. The maximum absolute atomic E-state index is 5.48. The third-order valence-corrected chi connectivity index (χ3v) is 6.02. The number of ether oxygens (including phenoxy) is 3. The number of rotatable bonds is 9. The fraction of sp³-hybridized carbons (Fsp3) is 0.462. The van der Waals surface area contributed by atoms with Crippen molar-refractivity contribution >= 4 is 0 Å². The summed E-state index contributed by atoms with van der Waals surface area (Å²) in [7, 11) is 7.33. The van der Waals surface area contributed by atoms with E-state index >= 15 is 0 Å². The minimum absolute atomic E-state index is 0.835. The Morgan fingerprint density at radius 2 is 1.40 bits per heavy atom. The predicted molar refractivity (Wildman–Crippen MR) is 123 cm³/mol. The summed E-state index contributed by atoms with van der Waals surface area (Å²) in [6.45, 7) is 2.16. The second-order valence-electron chi connectivity index (χ2n) is 8.03. The van der Waals surface area contributed by atoms with Crippen LogP contribution in [-0.2, 0) is 19.3 Å². The predicted octanol–water partition coefficient (Wildman–Crippen LogP) is 5.08. The van der Waals surface area contributed by atoms with Crippen LogP contribution in [0.3, 0.4) is 0 Å². The van der Waals surface area contributed by atoms with E-state index in [1.54, 1.807) is 26.9 Å². The molecule has 0 fully saturated rings. The molecule has 162 valence electrons. The first kappa shape index (κ1) is 22.2. The van der Waals surface area contributed by atoms with Gasteiger partial charge in [0, 0.05) is 13.1 Å². The summed E-state index contributed by atoms with van der Waals surface area (Å²) >= 11 is 0. The highest BCUT2D eigenvalue weighted by Gasteiger charge is 2.15. The molecule has 0 heterocycles. The van der Waals surface area contributed by atoms with Crippen LogP contribution in [0.15, 0.2) is 48.0 Å². The summed E-state index contributed by atoms with van der Waals surface area (Å²) in [4.78, 5) is 2.42. The van der Waals surface area contributed by atoms with Gasteiger partial charge < -0.3 is 19.1 Å². The van der Waals surface area contributed by atoms with Gasteiger partial charge in [0.05, 0.1) is 21.3 Å². The zero-order valence-corrected chi connectivity index (χ0v) is 18.9. The van der Waals surface area contributed by atoms with Crippen molar-refractivity contribution in [1.82, 2.24) is 4.90 Å². The van der Waals surface area contributed by atoms with E-state index in [4.69, 9.17) is 14.2 Å². The van der Waals surface area contributed by atoms with Gasteiger partial charge in [-0.1, -0.05) is 23.8 Å². The lowest BCUT2D eigenvalue weighted by Gasteiger charge is -2.16. The molecule has 30 heavy (non-hydrogen) atoms. The minimum Gasteiger partial charge on any atom is -0.497 e. The van der Waals surface area contributed by atoms with Gasteiger partial charge >= 0.3 is 0 Å². The summed E-state index contributed by atoms with van der Waals surface area (Å²) in [5.41, 5.74) is 5.72. The molecule has 0 amide bonds. The van der Waals surface area contributed by atoms with Gasteiger partial charge in [0.15, 0.2) is 11.5 Å². The Morgan fingerprint density at radius 3 is 1.93 bits per heavy atom. The number of methoxy groups -OCH3 is 3. The van der Waals surface area contributed by atoms with Crippen molar-refractivity contribution in [1.29, 1.82) is 0 Å². The monoisotopic (exact) mass is 409 g/mol. The largest absolute Gasteiger partial charge is 0.497 e. The highest BCUT2D eigenvalue weighted by molar-refractivity contribution is 5.48. The fourth-order valence-corrected chi connectivity index (χ4v) is 4.06. The summed E-state index contributed by atoms with van der Waals surface area (Å²) in [5, 5.41) is 0. The van der Waals surface area contributed by atoms with Crippen molar-refractivity contribution < 1.29 is 14.2 Å². The zero-order chi connectivity index (χ0) is 21.3. The standard InChI is InChI=1S/C26H35NO3/c1-27(17-15-21-9-13-24(28-2)14-10-21)16-5-6-20-7-11-22-18-25(29-3)26(30-4)19-23(22)12-8-20/h6,9-10,13-14,18-19H,5,7-8,11-12,15-17H2,1-4H3. The third kappa shape index (κ3) is 6.02. The molecule has 0 atom stereocenters. The van der Waals surface area contributed by atoms with E-state index in [2.05, 4.69) is 42.3 Å². The molecule has 0 saturated carbocycles. The molecule has 1 aliphatic rings. The van der Waals surface area contributed by atoms with Gasteiger partial charge in [-0.2, -0.15) is 0 Å². The van der Waals surface area contributed by atoms with Gasteiger partial charge in [0.25, 0.3) is 0 Å². The van der Waals surface area contributed by atoms with Gasteiger partial charge in [0.1, 0.15) is 5.75 Å². The van der Waals surface area contributed by atoms with Gasteiger partial charge in [-0.05, 0) is 86.5 Å². The van der Waals surface area contributed by atoms with Gasteiger partial charge in [-0.25, -0.2) is 0 Å². The normalized spacial score (nSPS) is 13.6. The van der Waals surface area contributed by atoms with Crippen LogP contribution >= 0.6 is 0 Å². The molecular formula is C26H35NO3. The molecule has 4 nitrogen and oxygen atoms in total. The van der Waals surface area contributed by atoms with Crippen molar-refractivity contribution in [3.05, 3.63) is 64.7 Å². The summed E-state index contributed by atoms with van der Waals surface area (Å²) in [5.74, 6) is 2.59. The smallest absolute Gasteiger partial charge is 0.161 e. The Morgan fingerprint density at radius 1 is 0.800 bits per heavy atom. The van der Waals surface area contributed by atoms with Crippen molar-refractivity contribution in [3.63, 3.8) is 0 Å². The number of fused-ring (bicyclic) bond motifs is 1. The maximum atomic E-state index is 5.48. The number of nitrogens with zero attached hydrogens (tertiary/aromatic N) is 1. The van der Waals surface area contributed by atoms with Crippen LogP contribution < -0.4 is 14.2 Å². The van der Waals surface area contributed by atoms with Gasteiger partial charge in [-0.3, -0.25) is 0 Å². The number of likely N-dealkylation sites (N-methyl/N-ethyl adjacent to an activating group) is 1. The quantitative estimate of drug-likeness (QED) is 0.427. The number of benzene rings is 2. The Kier molecular flexibility index (Phi) is 8.21. The summed E-state index contributed by atoms with van der Waals surface area (Å²) in [6.07, 6.45) is 9.07. The number of hydrogen-bond donors (Lipinski definition) is 0. The van der Waals surface area contributed by atoms with Crippen LogP contribution in [-0.4, -0.2) is 46.4 Å². The lowest BCUT2D eigenvalue weighted by atomic mass is 10.0. The molecule has 0 bridgehead atoms. The van der Waals surface area contributed by atoms with Crippen LogP contribution in [0, 0.1) is 0 Å². The van der Waals surface area contributed by atoms with Crippen molar-refractivity contribution in [2.24, 2.45) is 0 Å². The highest BCUT2D eigenvalue weighted by atomic mass is 16.5. The lowest BCUT2D eigenvalue weighted by molar-refractivity contribution is 0.345. The minimum atomic E-state index is 0.835.